The third kappa shape index (κ3) is 3.41. The van der Waals surface area contributed by atoms with Crippen LogP contribution in [0.5, 0.6) is 0 Å². The number of rotatable bonds is 5. The number of carbonyl (C=O) groups excluding carboxylic acids is 3. The van der Waals surface area contributed by atoms with Crippen LogP contribution in [0.3, 0.4) is 0 Å². The van der Waals surface area contributed by atoms with Gasteiger partial charge in [-0.3, -0.25) is 14.4 Å². The summed E-state index contributed by atoms with van der Waals surface area (Å²) in [6, 6.07) is 15.9. The number of nitrogens with one attached hydrogen (secondary N) is 1. The highest BCUT2D eigenvalue weighted by Gasteiger charge is 2.39. The molecular formula is C20H18N2O3S. The van der Waals surface area contributed by atoms with Gasteiger partial charge >= 0.3 is 0 Å². The van der Waals surface area contributed by atoms with Crippen LogP contribution in [0.15, 0.2) is 59.5 Å². The zero-order chi connectivity index (χ0) is 18.7. The number of hydrogen-bond donors (Lipinski definition) is 1. The largest absolute Gasteiger partial charge is 0.326 e. The molecule has 1 aliphatic heterocycles. The van der Waals surface area contributed by atoms with Crippen LogP contribution in [0.2, 0.25) is 0 Å². The van der Waals surface area contributed by atoms with E-state index in [1.807, 2.05) is 13.0 Å². The van der Waals surface area contributed by atoms with E-state index in [-0.39, 0.29) is 17.7 Å². The Labute approximate surface area is 156 Å². The highest BCUT2D eigenvalue weighted by molar-refractivity contribution is 8.04. The van der Waals surface area contributed by atoms with Gasteiger partial charge in [0.15, 0.2) is 0 Å². The van der Waals surface area contributed by atoms with Crippen molar-refractivity contribution in [2.24, 2.45) is 0 Å². The molecule has 0 radical (unpaired) electrons. The van der Waals surface area contributed by atoms with Crippen molar-refractivity contribution in [1.29, 1.82) is 0 Å². The van der Waals surface area contributed by atoms with E-state index < -0.39 is 0 Å². The molecule has 0 fully saturated rings. The van der Waals surface area contributed by atoms with Crippen molar-refractivity contribution in [1.82, 2.24) is 0 Å². The minimum atomic E-state index is -0.329. The Morgan fingerprint density at radius 3 is 2.23 bits per heavy atom. The van der Waals surface area contributed by atoms with Gasteiger partial charge in [0.2, 0.25) is 5.91 Å². The van der Waals surface area contributed by atoms with Crippen molar-refractivity contribution < 1.29 is 14.4 Å². The molecule has 6 heteroatoms. The zero-order valence-corrected chi connectivity index (χ0v) is 15.3. The number of thioether (sulfide) groups is 1. The molecule has 132 valence electrons. The van der Waals surface area contributed by atoms with E-state index >= 15 is 0 Å². The molecule has 5 nitrogen and oxygen atoms in total. The molecule has 0 saturated heterocycles. The van der Waals surface area contributed by atoms with Gasteiger partial charge in [-0.05, 0) is 35.6 Å². The van der Waals surface area contributed by atoms with Crippen molar-refractivity contribution >= 4 is 46.4 Å². The lowest BCUT2D eigenvalue weighted by molar-refractivity contribution is -0.120. The molecule has 26 heavy (non-hydrogen) atoms. The highest BCUT2D eigenvalue weighted by Crippen LogP contribution is 2.38. The third-order valence-corrected chi connectivity index (χ3v) is 4.79. The molecule has 0 spiro atoms. The van der Waals surface area contributed by atoms with E-state index in [4.69, 9.17) is 0 Å². The molecule has 0 bridgehead atoms. The predicted octanol–water partition coefficient (Wildman–Crippen LogP) is 3.68. The summed E-state index contributed by atoms with van der Waals surface area (Å²) in [5.41, 5.74) is 2.26. The Kier molecular flexibility index (Phi) is 5.23. The molecule has 3 rings (SSSR count). The summed E-state index contributed by atoms with van der Waals surface area (Å²) in [4.78, 5) is 38.7. The number of nitrogens with zero attached hydrogens (tertiary/aromatic N) is 1. The van der Waals surface area contributed by atoms with Gasteiger partial charge in [0.05, 0.1) is 16.2 Å². The Balaban J connectivity index is 2.01. The number of benzene rings is 2. The van der Waals surface area contributed by atoms with E-state index in [0.29, 0.717) is 33.2 Å². The fourth-order valence-corrected chi connectivity index (χ4v) is 3.63. The number of imide groups is 1. The molecule has 0 atom stereocenters. The second-order valence-electron chi connectivity index (χ2n) is 5.68. The van der Waals surface area contributed by atoms with E-state index in [9.17, 15) is 14.4 Å². The number of anilines is 2. The molecule has 1 heterocycles. The SMILES string of the molecule is CCSC1=C(c2ccc(NC(C)=O)cc2)C(=O)N(c2ccccc2)C1=O. The number of hydrogen-bond acceptors (Lipinski definition) is 4. The lowest BCUT2D eigenvalue weighted by atomic mass is 10.1. The molecule has 3 amide bonds. The van der Waals surface area contributed by atoms with Gasteiger partial charge in [-0.1, -0.05) is 37.3 Å². The maximum absolute atomic E-state index is 13.0. The van der Waals surface area contributed by atoms with Gasteiger partial charge in [0, 0.05) is 12.6 Å². The number of amides is 3. The molecule has 0 aromatic heterocycles. The fourth-order valence-electron chi connectivity index (χ4n) is 2.78. The molecule has 2 aromatic rings. The molecule has 0 unspecified atom stereocenters. The van der Waals surface area contributed by atoms with Crippen LogP contribution in [0.1, 0.15) is 19.4 Å². The van der Waals surface area contributed by atoms with E-state index in [1.165, 1.54) is 23.6 Å². The maximum atomic E-state index is 13.0. The quantitative estimate of drug-likeness (QED) is 0.820. The van der Waals surface area contributed by atoms with Crippen LogP contribution in [0.4, 0.5) is 11.4 Å². The lowest BCUT2D eigenvalue weighted by Gasteiger charge is -2.15. The van der Waals surface area contributed by atoms with E-state index in [0.717, 1.165) is 0 Å². The molecule has 2 aromatic carbocycles. The Morgan fingerprint density at radius 1 is 1.00 bits per heavy atom. The average Bonchev–Trinajstić information content (AvgIpc) is 2.87. The number of carbonyl (C=O) groups is 3. The van der Waals surface area contributed by atoms with Crippen LogP contribution in [-0.2, 0) is 14.4 Å². The second-order valence-corrected chi connectivity index (χ2v) is 6.95. The van der Waals surface area contributed by atoms with Crippen LogP contribution in [0, 0.1) is 0 Å². The standard InChI is InChI=1S/C20H18N2O3S/c1-3-26-18-17(14-9-11-15(12-10-14)21-13(2)23)19(24)22(20(18)25)16-7-5-4-6-8-16/h4-12H,3H2,1-2H3,(H,21,23). The summed E-state index contributed by atoms with van der Waals surface area (Å²) < 4.78 is 0. The first-order valence-corrected chi connectivity index (χ1v) is 9.20. The first-order chi connectivity index (χ1) is 12.5. The molecule has 1 aliphatic rings. The summed E-state index contributed by atoms with van der Waals surface area (Å²) in [5, 5.41) is 2.69. The van der Waals surface area contributed by atoms with Crippen molar-refractivity contribution in [2.45, 2.75) is 13.8 Å². The van der Waals surface area contributed by atoms with Gasteiger partial charge < -0.3 is 5.32 Å². The normalized spacial score (nSPS) is 14.2. The second kappa shape index (κ2) is 7.58. The number of para-hydroxylation sites is 1. The van der Waals surface area contributed by atoms with Gasteiger partial charge in [0.1, 0.15) is 0 Å². The fraction of sp³-hybridized carbons (Fsp3) is 0.150. The monoisotopic (exact) mass is 366 g/mol. The van der Waals surface area contributed by atoms with Gasteiger partial charge in [-0.25, -0.2) is 4.90 Å². The minimum Gasteiger partial charge on any atom is -0.326 e. The lowest BCUT2D eigenvalue weighted by Crippen LogP contribution is -2.31. The summed E-state index contributed by atoms with van der Waals surface area (Å²) in [6.07, 6.45) is 0. The first-order valence-electron chi connectivity index (χ1n) is 8.22. The molecular weight excluding hydrogens is 348 g/mol. The highest BCUT2D eigenvalue weighted by atomic mass is 32.2. The molecule has 0 saturated carbocycles. The van der Waals surface area contributed by atoms with Gasteiger partial charge in [-0.2, -0.15) is 0 Å². The van der Waals surface area contributed by atoms with Crippen molar-refractivity contribution in [3.8, 4) is 0 Å². The van der Waals surface area contributed by atoms with Gasteiger partial charge in [0.25, 0.3) is 11.8 Å². The topological polar surface area (TPSA) is 66.5 Å². The van der Waals surface area contributed by atoms with Crippen LogP contribution < -0.4 is 10.2 Å². The Hall–Kier alpha value is -2.86. The maximum Gasteiger partial charge on any atom is 0.272 e. The average molecular weight is 366 g/mol. The summed E-state index contributed by atoms with van der Waals surface area (Å²) in [5.74, 6) is -0.107. The summed E-state index contributed by atoms with van der Waals surface area (Å²) >= 11 is 1.36. The van der Waals surface area contributed by atoms with Crippen LogP contribution >= 0.6 is 11.8 Å². The minimum absolute atomic E-state index is 0.165. The smallest absolute Gasteiger partial charge is 0.272 e. The van der Waals surface area contributed by atoms with Gasteiger partial charge in [-0.15, -0.1) is 11.8 Å². The predicted molar refractivity (Wildman–Crippen MR) is 105 cm³/mol. The Morgan fingerprint density at radius 2 is 1.65 bits per heavy atom. The van der Waals surface area contributed by atoms with E-state index in [1.54, 1.807) is 48.5 Å². The van der Waals surface area contributed by atoms with Crippen molar-refractivity contribution in [3.63, 3.8) is 0 Å². The first kappa shape index (κ1) is 17.9. The molecule has 1 N–H and O–H groups in total. The zero-order valence-electron chi connectivity index (χ0n) is 14.5. The van der Waals surface area contributed by atoms with Crippen LogP contribution in [-0.4, -0.2) is 23.5 Å². The van der Waals surface area contributed by atoms with Crippen molar-refractivity contribution in [2.75, 3.05) is 16.0 Å². The van der Waals surface area contributed by atoms with Crippen molar-refractivity contribution in [3.05, 3.63) is 65.1 Å². The third-order valence-electron chi connectivity index (χ3n) is 3.84. The molecule has 0 aliphatic carbocycles. The van der Waals surface area contributed by atoms with E-state index in [2.05, 4.69) is 5.32 Å². The van der Waals surface area contributed by atoms with Crippen LogP contribution in [0.25, 0.3) is 5.57 Å². The summed E-state index contributed by atoms with van der Waals surface area (Å²) in [7, 11) is 0. The Bertz CT molecular complexity index is 889. The summed E-state index contributed by atoms with van der Waals surface area (Å²) in [6.45, 7) is 3.38.